The molecule has 5 heteroatoms. The molecule has 0 radical (unpaired) electrons. The van der Waals surface area contributed by atoms with E-state index in [9.17, 15) is 9.18 Å². The predicted octanol–water partition coefficient (Wildman–Crippen LogP) is 2.91. The predicted molar refractivity (Wildman–Crippen MR) is 75.2 cm³/mol. The smallest absolute Gasteiger partial charge is 0.307 e. The van der Waals surface area contributed by atoms with Crippen molar-refractivity contribution >= 4 is 5.97 Å². The van der Waals surface area contributed by atoms with Crippen molar-refractivity contribution in [2.24, 2.45) is 0 Å². The van der Waals surface area contributed by atoms with E-state index in [1.165, 1.54) is 12.1 Å². The Bertz CT molecular complexity index is 578. The van der Waals surface area contributed by atoms with Crippen molar-refractivity contribution in [1.29, 1.82) is 0 Å². The van der Waals surface area contributed by atoms with E-state index in [1.54, 1.807) is 36.4 Å². The van der Waals surface area contributed by atoms with Crippen LogP contribution in [-0.4, -0.2) is 24.3 Å². The average molecular weight is 290 g/mol. The summed E-state index contributed by atoms with van der Waals surface area (Å²) in [6.45, 7) is 0.679. The highest BCUT2D eigenvalue weighted by Crippen LogP contribution is 2.13. The lowest BCUT2D eigenvalue weighted by Crippen LogP contribution is -2.09. The summed E-state index contributed by atoms with van der Waals surface area (Å²) < 4.78 is 23.5. The number of carboxylic acid groups (broad SMARTS) is 1. The highest BCUT2D eigenvalue weighted by Gasteiger charge is 2.01. The third-order valence-corrected chi connectivity index (χ3v) is 2.71. The van der Waals surface area contributed by atoms with Crippen LogP contribution in [0, 0.1) is 5.82 Å². The van der Waals surface area contributed by atoms with Crippen molar-refractivity contribution in [1.82, 2.24) is 0 Å². The van der Waals surface area contributed by atoms with Gasteiger partial charge in [0.15, 0.2) is 0 Å². The SMILES string of the molecule is O=C(O)Cc1ccc(OCCOc2ccc(F)cc2)cc1. The number of benzene rings is 2. The van der Waals surface area contributed by atoms with Crippen LogP contribution in [0.1, 0.15) is 5.56 Å². The van der Waals surface area contributed by atoms with Gasteiger partial charge in [0, 0.05) is 0 Å². The van der Waals surface area contributed by atoms with Crippen molar-refractivity contribution in [2.45, 2.75) is 6.42 Å². The first-order valence-corrected chi connectivity index (χ1v) is 6.45. The lowest BCUT2D eigenvalue weighted by atomic mass is 10.1. The third-order valence-electron chi connectivity index (χ3n) is 2.71. The number of aliphatic carboxylic acids is 1. The van der Waals surface area contributed by atoms with Gasteiger partial charge >= 0.3 is 5.97 Å². The topological polar surface area (TPSA) is 55.8 Å². The number of halogens is 1. The Labute approximate surface area is 121 Å². The molecule has 0 aromatic heterocycles. The second-order valence-corrected chi connectivity index (χ2v) is 4.37. The third kappa shape index (κ3) is 5.14. The summed E-state index contributed by atoms with van der Waals surface area (Å²) in [6.07, 6.45) is -0.00599. The number of carboxylic acids is 1. The lowest BCUT2D eigenvalue weighted by Gasteiger charge is -2.08. The van der Waals surface area contributed by atoms with E-state index in [2.05, 4.69) is 0 Å². The summed E-state index contributed by atoms with van der Waals surface area (Å²) in [4.78, 5) is 10.5. The first-order chi connectivity index (χ1) is 10.1. The van der Waals surface area contributed by atoms with Crippen LogP contribution in [-0.2, 0) is 11.2 Å². The molecule has 2 rings (SSSR count). The van der Waals surface area contributed by atoms with Gasteiger partial charge in [-0.05, 0) is 42.0 Å². The van der Waals surface area contributed by atoms with Crippen molar-refractivity contribution in [3.63, 3.8) is 0 Å². The van der Waals surface area contributed by atoms with Crippen LogP contribution in [0.5, 0.6) is 11.5 Å². The maximum Gasteiger partial charge on any atom is 0.307 e. The van der Waals surface area contributed by atoms with Crippen LogP contribution in [0.15, 0.2) is 48.5 Å². The molecule has 0 saturated carbocycles. The molecule has 4 nitrogen and oxygen atoms in total. The van der Waals surface area contributed by atoms with Crippen molar-refractivity contribution in [3.05, 3.63) is 59.9 Å². The Balaban J connectivity index is 1.73. The van der Waals surface area contributed by atoms with Gasteiger partial charge in [0.2, 0.25) is 0 Å². The fourth-order valence-electron chi connectivity index (χ4n) is 1.73. The van der Waals surface area contributed by atoms with E-state index >= 15 is 0 Å². The molecule has 21 heavy (non-hydrogen) atoms. The first-order valence-electron chi connectivity index (χ1n) is 6.45. The van der Waals surface area contributed by atoms with Gasteiger partial charge in [-0.15, -0.1) is 0 Å². The van der Waals surface area contributed by atoms with Gasteiger partial charge in [-0.1, -0.05) is 12.1 Å². The summed E-state index contributed by atoms with van der Waals surface area (Å²) >= 11 is 0. The Morgan fingerprint density at radius 3 is 1.86 bits per heavy atom. The maximum absolute atomic E-state index is 12.7. The Hall–Kier alpha value is -2.56. The molecule has 0 aliphatic carbocycles. The number of carbonyl (C=O) groups is 1. The van der Waals surface area contributed by atoms with Crippen LogP contribution < -0.4 is 9.47 Å². The molecule has 2 aromatic carbocycles. The monoisotopic (exact) mass is 290 g/mol. The maximum atomic E-state index is 12.7. The summed E-state index contributed by atoms with van der Waals surface area (Å²) in [5.41, 5.74) is 0.720. The van der Waals surface area contributed by atoms with Gasteiger partial charge in [-0.2, -0.15) is 0 Å². The zero-order valence-electron chi connectivity index (χ0n) is 11.3. The largest absolute Gasteiger partial charge is 0.490 e. The minimum Gasteiger partial charge on any atom is -0.490 e. The summed E-state index contributed by atoms with van der Waals surface area (Å²) in [6, 6.07) is 12.6. The van der Waals surface area contributed by atoms with Crippen LogP contribution in [0.25, 0.3) is 0 Å². The number of ether oxygens (including phenoxy) is 2. The second-order valence-electron chi connectivity index (χ2n) is 4.37. The number of hydrogen-bond acceptors (Lipinski definition) is 3. The highest BCUT2D eigenvalue weighted by molar-refractivity contribution is 5.70. The van der Waals surface area contributed by atoms with Gasteiger partial charge in [0.25, 0.3) is 0 Å². The molecule has 0 amide bonds. The minimum absolute atomic E-state index is 0.00599. The lowest BCUT2D eigenvalue weighted by molar-refractivity contribution is -0.136. The molecule has 0 heterocycles. The first kappa shape index (κ1) is 14.8. The summed E-state index contributed by atoms with van der Waals surface area (Å²) in [5.74, 6) is 0.0556. The molecule has 1 N–H and O–H groups in total. The highest BCUT2D eigenvalue weighted by atomic mass is 19.1. The Morgan fingerprint density at radius 1 is 0.905 bits per heavy atom. The van der Waals surface area contributed by atoms with E-state index in [1.807, 2.05) is 0 Å². The van der Waals surface area contributed by atoms with Crippen LogP contribution in [0.2, 0.25) is 0 Å². The zero-order valence-corrected chi connectivity index (χ0v) is 11.3. The Morgan fingerprint density at radius 2 is 1.38 bits per heavy atom. The van der Waals surface area contributed by atoms with Crippen LogP contribution >= 0.6 is 0 Å². The molecule has 0 saturated heterocycles. The summed E-state index contributed by atoms with van der Waals surface area (Å²) in [7, 11) is 0. The average Bonchev–Trinajstić information content (AvgIpc) is 2.46. The Kier molecular flexibility index (Phi) is 5.15. The fraction of sp³-hybridized carbons (Fsp3) is 0.188. The van der Waals surface area contributed by atoms with Gasteiger partial charge in [-0.3, -0.25) is 4.79 Å². The molecular weight excluding hydrogens is 275 g/mol. The molecule has 0 fully saturated rings. The van der Waals surface area contributed by atoms with Crippen LogP contribution in [0.4, 0.5) is 4.39 Å². The fourth-order valence-corrected chi connectivity index (χ4v) is 1.73. The quantitative estimate of drug-likeness (QED) is 0.797. The second kappa shape index (κ2) is 7.28. The minimum atomic E-state index is -0.864. The molecule has 0 spiro atoms. The van der Waals surface area contributed by atoms with E-state index in [0.29, 0.717) is 24.7 Å². The van der Waals surface area contributed by atoms with Crippen molar-refractivity contribution in [2.75, 3.05) is 13.2 Å². The molecule has 0 aliphatic heterocycles. The number of rotatable bonds is 7. The van der Waals surface area contributed by atoms with Crippen molar-refractivity contribution < 1.29 is 23.8 Å². The molecular formula is C16H15FO4. The molecule has 0 atom stereocenters. The molecule has 0 aliphatic rings. The van der Waals surface area contributed by atoms with Gasteiger partial charge in [0.1, 0.15) is 30.5 Å². The zero-order chi connectivity index (χ0) is 15.1. The van der Waals surface area contributed by atoms with Gasteiger partial charge < -0.3 is 14.6 Å². The van der Waals surface area contributed by atoms with E-state index in [4.69, 9.17) is 14.6 Å². The standard InChI is InChI=1S/C16H15FO4/c17-13-3-7-15(8-4-13)21-10-9-20-14-5-1-12(2-6-14)11-16(18)19/h1-8H,9-11H2,(H,18,19). The van der Waals surface area contributed by atoms with Gasteiger partial charge in [0.05, 0.1) is 6.42 Å². The summed E-state index contributed by atoms with van der Waals surface area (Å²) in [5, 5.41) is 8.66. The molecule has 2 aromatic rings. The molecule has 110 valence electrons. The normalized spacial score (nSPS) is 10.1. The molecule has 0 unspecified atom stereocenters. The number of hydrogen-bond donors (Lipinski definition) is 1. The van der Waals surface area contributed by atoms with Gasteiger partial charge in [-0.25, -0.2) is 4.39 Å². The van der Waals surface area contributed by atoms with E-state index in [-0.39, 0.29) is 12.2 Å². The molecule has 0 bridgehead atoms. The van der Waals surface area contributed by atoms with E-state index in [0.717, 1.165) is 5.56 Å². The van der Waals surface area contributed by atoms with Crippen LogP contribution in [0.3, 0.4) is 0 Å². The van der Waals surface area contributed by atoms with Crippen molar-refractivity contribution in [3.8, 4) is 11.5 Å². The van der Waals surface area contributed by atoms with E-state index < -0.39 is 5.97 Å².